The van der Waals surface area contributed by atoms with Crippen molar-refractivity contribution in [2.75, 3.05) is 36.9 Å². The Balaban J connectivity index is 1.79. The van der Waals surface area contributed by atoms with Gasteiger partial charge in [0.1, 0.15) is 17.5 Å². The molecule has 28 heavy (non-hydrogen) atoms. The number of nitrogens with two attached hydrogens (primary N) is 1. The number of hydrogen-bond acceptors (Lipinski definition) is 7. The van der Waals surface area contributed by atoms with E-state index >= 15 is 0 Å². The molecule has 1 atom stereocenters. The van der Waals surface area contributed by atoms with Crippen LogP contribution in [0.3, 0.4) is 0 Å². The zero-order chi connectivity index (χ0) is 19.9. The Kier molecular flexibility index (Phi) is 5.02. The van der Waals surface area contributed by atoms with E-state index in [1.165, 1.54) is 5.56 Å². The van der Waals surface area contributed by atoms with Crippen molar-refractivity contribution in [3.63, 3.8) is 0 Å². The zero-order valence-corrected chi connectivity index (χ0v) is 17.6. The average molecular weight is 398 g/mol. The number of nitrogen functional groups attached to an aromatic ring is 1. The molecule has 7 heteroatoms. The third kappa shape index (κ3) is 3.47. The number of aryl methyl sites for hydroxylation is 1. The summed E-state index contributed by atoms with van der Waals surface area (Å²) >= 11 is 1.64. The molecule has 2 aromatic rings. The van der Waals surface area contributed by atoms with Crippen molar-refractivity contribution >= 4 is 22.3 Å². The first kappa shape index (κ1) is 19.2. The van der Waals surface area contributed by atoms with Gasteiger partial charge >= 0.3 is 0 Å². The maximum Gasteiger partial charge on any atom is 0.186 e. The fourth-order valence-electron chi connectivity index (χ4n) is 4.18. The van der Waals surface area contributed by atoms with Crippen LogP contribution in [0.1, 0.15) is 44.0 Å². The van der Waals surface area contributed by atoms with E-state index in [1.807, 2.05) is 6.20 Å². The number of pyridine rings is 1. The van der Waals surface area contributed by atoms with Gasteiger partial charge in [-0.2, -0.15) is 5.26 Å². The van der Waals surface area contributed by atoms with Crippen LogP contribution in [-0.4, -0.2) is 36.3 Å². The lowest BCUT2D eigenvalue weighted by atomic mass is 9.70. The number of aromatic nitrogens is 2. The van der Waals surface area contributed by atoms with Gasteiger partial charge in [0.05, 0.1) is 18.1 Å². The number of nitriles is 1. The van der Waals surface area contributed by atoms with E-state index in [1.54, 1.807) is 11.3 Å². The Bertz CT molecular complexity index is 918. The summed E-state index contributed by atoms with van der Waals surface area (Å²) in [6.45, 7) is 10.0. The summed E-state index contributed by atoms with van der Waals surface area (Å²) in [5.74, 6) is 0.897. The van der Waals surface area contributed by atoms with Crippen molar-refractivity contribution < 1.29 is 4.74 Å². The predicted molar refractivity (Wildman–Crippen MR) is 112 cm³/mol. The van der Waals surface area contributed by atoms with Gasteiger partial charge in [-0.15, -0.1) is 0 Å². The van der Waals surface area contributed by atoms with Crippen LogP contribution in [0.2, 0.25) is 0 Å². The Morgan fingerprint density at radius 2 is 2.07 bits per heavy atom. The number of thiazole rings is 1. The van der Waals surface area contributed by atoms with Crippen molar-refractivity contribution in [2.24, 2.45) is 11.3 Å². The molecule has 1 fully saturated rings. The molecular weight excluding hydrogens is 370 g/mol. The van der Waals surface area contributed by atoms with Crippen molar-refractivity contribution in [2.45, 2.75) is 40.0 Å². The molecule has 2 aliphatic rings. The smallest absolute Gasteiger partial charge is 0.186 e. The summed E-state index contributed by atoms with van der Waals surface area (Å²) in [4.78, 5) is 12.5. The number of fused-ring (bicyclic) bond motifs is 1. The molecule has 1 aliphatic carbocycles. The van der Waals surface area contributed by atoms with Crippen molar-refractivity contribution in [1.82, 2.24) is 9.97 Å². The Morgan fingerprint density at radius 1 is 1.32 bits per heavy atom. The minimum absolute atomic E-state index is 0.218. The maximum absolute atomic E-state index is 9.83. The first-order valence-electron chi connectivity index (χ1n) is 9.88. The second-order valence-electron chi connectivity index (χ2n) is 8.70. The Morgan fingerprint density at radius 3 is 2.75 bits per heavy atom. The minimum atomic E-state index is 0.218. The van der Waals surface area contributed by atoms with Crippen LogP contribution >= 0.6 is 11.3 Å². The third-order valence-corrected chi connectivity index (χ3v) is 7.03. The first-order valence-corrected chi connectivity index (χ1v) is 10.7. The standard InChI is InChI=1S/C21H27N5OS/c1-21(2,3)13-4-5-16-14(10-13)18(15(11-22)19(23)25-16)17-12-24-20(28-17)26-6-8-27-9-7-26/h12-13H,4-10H2,1-3H3,(H2,23,25). The quantitative estimate of drug-likeness (QED) is 0.832. The van der Waals surface area contributed by atoms with E-state index in [0.29, 0.717) is 17.3 Å². The molecule has 3 heterocycles. The molecule has 0 spiro atoms. The van der Waals surface area contributed by atoms with Gasteiger partial charge in [-0.3, -0.25) is 0 Å². The average Bonchev–Trinajstić information content (AvgIpc) is 3.16. The number of morpholine rings is 1. The van der Waals surface area contributed by atoms with Crippen LogP contribution in [0.5, 0.6) is 0 Å². The van der Waals surface area contributed by atoms with Gasteiger partial charge < -0.3 is 15.4 Å². The summed E-state index contributed by atoms with van der Waals surface area (Å²) in [5, 5.41) is 10.8. The lowest BCUT2D eigenvalue weighted by Crippen LogP contribution is -2.36. The highest BCUT2D eigenvalue weighted by atomic mass is 32.1. The Labute approximate surface area is 170 Å². The molecule has 0 radical (unpaired) electrons. The molecule has 6 nitrogen and oxygen atoms in total. The van der Waals surface area contributed by atoms with Crippen molar-refractivity contribution in [1.29, 1.82) is 5.26 Å². The predicted octanol–water partition coefficient (Wildman–Crippen LogP) is 3.65. The second-order valence-corrected chi connectivity index (χ2v) is 9.71. The van der Waals surface area contributed by atoms with Gasteiger partial charge in [-0.1, -0.05) is 32.1 Å². The van der Waals surface area contributed by atoms with Crippen LogP contribution in [0.4, 0.5) is 10.9 Å². The molecule has 2 aromatic heterocycles. The van der Waals surface area contributed by atoms with E-state index in [2.05, 4.69) is 41.7 Å². The highest BCUT2D eigenvalue weighted by Gasteiger charge is 2.33. The van der Waals surface area contributed by atoms with Gasteiger partial charge in [0.2, 0.25) is 0 Å². The van der Waals surface area contributed by atoms with Crippen LogP contribution in [0, 0.1) is 22.7 Å². The van der Waals surface area contributed by atoms with E-state index in [0.717, 1.165) is 66.8 Å². The topological polar surface area (TPSA) is 88.1 Å². The fraction of sp³-hybridized carbons (Fsp3) is 0.571. The molecule has 2 N–H and O–H groups in total. The largest absolute Gasteiger partial charge is 0.383 e. The summed E-state index contributed by atoms with van der Waals surface area (Å²) in [7, 11) is 0. The summed E-state index contributed by atoms with van der Waals surface area (Å²) < 4.78 is 5.45. The van der Waals surface area contributed by atoms with Crippen LogP contribution in [0.15, 0.2) is 6.20 Å². The van der Waals surface area contributed by atoms with Gasteiger partial charge in [0.25, 0.3) is 0 Å². The van der Waals surface area contributed by atoms with E-state index < -0.39 is 0 Å². The monoisotopic (exact) mass is 397 g/mol. The van der Waals surface area contributed by atoms with Crippen LogP contribution < -0.4 is 10.6 Å². The molecule has 0 aromatic carbocycles. The summed E-state index contributed by atoms with van der Waals surface area (Å²) in [6.07, 6.45) is 4.85. The molecule has 4 rings (SSSR count). The van der Waals surface area contributed by atoms with Crippen LogP contribution in [-0.2, 0) is 17.6 Å². The second kappa shape index (κ2) is 7.34. The molecule has 0 amide bonds. The maximum atomic E-state index is 9.83. The third-order valence-electron chi connectivity index (χ3n) is 5.95. The lowest BCUT2D eigenvalue weighted by Gasteiger charge is -2.35. The molecule has 1 unspecified atom stereocenters. The number of rotatable bonds is 2. The lowest BCUT2D eigenvalue weighted by molar-refractivity contribution is 0.122. The molecular formula is C21H27N5OS. The summed E-state index contributed by atoms with van der Waals surface area (Å²) in [6, 6.07) is 2.31. The van der Waals surface area contributed by atoms with E-state index in [9.17, 15) is 5.26 Å². The summed E-state index contributed by atoms with van der Waals surface area (Å²) in [5.41, 5.74) is 10.1. The van der Waals surface area contributed by atoms with Gasteiger partial charge in [0, 0.05) is 30.5 Å². The first-order chi connectivity index (χ1) is 13.4. The Hall–Kier alpha value is -2.17. The molecule has 1 aliphatic heterocycles. The molecule has 148 valence electrons. The molecule has 1 saturated heterocycles. The molecule has 0 bridgehead atoms. The van der Waals surface area contributed by atoms with E-state index in [-0.39, 0.29) is 5.41 Å². The SMILES string of the molecule is CC(C)(C)C1CCc2nc(N)c(C#N)c(-c3cnc(N4CCOCC4)s3)c2C1. The van der Waals surface area contributed by atoms with Gasteiger partial charge in [0.15, 0.2) is 5.13 Å². The van der Waals surface area contributed by atoms with Crippen molar-refractivity contribution in [3.8, 4) is 16.5 Å². The number of anilines is 2. The normalized spacial score (nSPS) is 19.9. The minimum Gasteiger partial charge on any atom is -0.383 e. The highest BCUT2D eigenvalue weighted by Crippen LogP contribution is 2.44. The molecule has 0 saturated carbocycles. The van der Waals surface area contributed by atoms with Gasteiger partial charge in [-0.05, 0) is 36.2 Å². The van der Waals surface area contributed by atoms with E-state index in [4.69, 9.17) is 10.5 Å². The van der Waals surface area contributed by atoms with Crippen LogP contribution in [0.25, 0.3) is 10.4 Å². The zero-order valence-electron chi connectivity index (χ0n) is 16.8. The number of nitrogens with zero attached hydrogens (tertiary/aromatic N) is 4. The highest BCUT2D eigenvalue weighted by molar-refractivity contribution is 7.19. The number of hydrogen-bond donors (Lipinski definition) is 1. The number of ether oxygens (including phenoxy) is 1. The van der Waals surface area contributed by atoms with Gasteiger partial charge in [-0.25, -0.2) is 9.97 Å². The fourth-order valence-corrected chi connectivity index (χ4v) is 5.23. The van der Waals surface area contributed by atoms with Crippen molar-refractivity contribution in [3.05, 3.63) is 23.0 Å².